The lowest BCUT2D eigenvalue weighted by atomic mass is 10.1. The van der Waals surface area contributed by atoms with E-state index in [1.807, 2.05) is 36.4 Å². The van der Waals surface area contributed by atoms with Gasteiger partial charge in [0.2, 0.25) is 0 Å². The van der Waals surface area contributed by atoms with Crippen LogP contribution in [0, 0.1) is 0 Å². The highest BCUT2D eigenvalue weighted by molar-refractivity contribution is 6.30. The molecule has 1 aliphatic rings. The molecule has 0 radical (unpaired) electrons. The van der Waals surface area contributed by atoms with E-state index in [-0.39, 0.29) is 0 Å². The Morgan fingerprint density at radius 1 is 1.04 bits per heavy atom. The number of nitrogens with zero attached hydrogens (tertiary/aromatic N) is 2. The monoisotopic (exact) mass is 395 g/mol. The summed E-state index contributed by atoms with van der Waals surface area (Å²) in [5.41, 5.74) is 3.08. The van der Waals surface area contributed by atoms with E-state index in [0.29, 0.717) is 18.1 Å². The number of hydrogen-bond donors (Lipinski definition) is 2. The highest BCUT2D eigenvalue weighted by atomic mass is 35.5. The first-order valence-corrected chi connectivity index (χ1v) is 10.4. The van der Waals surface area contributed by atoms with Gasteiger partial charge in [0.1, 0.15) is 5.82 Å². The van der Waals surface area contributed by atoms with Crippen LogP contribution in [0.4, 0.5) is 5.82 Å². The van der Waals surface area contributed by atoms with Crippen molar-refractivity contribution in [1.29, 1.82) is 0 Å². The molecule has 0 amide bonds. The molecule has 4 nitrogen and oxygen atoms in total. The van der Waals surface area contributed by atoms with Crippen LogP contribution in [0.5, 0.6) is 0 Å². The first kappa shape index (κ1) is 19.2. The quantitative estimate of drug-likeness (QED) is 0.635. The zero-order valence-corrected chi connectivity index (χ0v) is 16.7. The zero-order valence-electron chi connectivity index (χ0n) is 15.9. The summed E-state index contributed by atoms with van der Waals surface area (Å²) in [6.45, 7) is 3.28. The van der Waals surface area contributed by atoms with Crippen molar-refractivity contribution in [2.75, 3.05) is 24.5 Å². The Balaban J connectivity index is 1.50. The number of pyridine rings is 1. The van der Waals surface area contributed by atoms with Gasteiger partial charge >= 0.3 is 0 Å². The highest BCUT2D eigenvalue weighted by Crippen LogP contribution is 2.26. The molecule has 2 N–H and O–H groups in total. The number of anilines is 1. The molecule has 1 saturated heterocycles. The van der Waals surface area contributed by atoms with E-state index >= 15 is 0 Å². The van der Waals surface area contributed by atoms with Crippen LogP contribution in [0.1, 0.15) is 36.5 Å². The molecule has 3 aromatic rings. The average molecular weight is 396 g/mol. The maximum absolute atomic E-state index is 10.4. The number of fused-ring (bicyclic) bond motifs is 1. The van der Waals surface area contributed by atoms with Gasteiger partial charge in [-0.25, -0.2) is 4.98 Å². The van der Waals surface area contributed by atoms with E-state index in [9.17, 15) is 5.11 Å². The standard InChI is InChI=1S/C23H26ClN3O/c24-20-10-8-17(9-11-20)22(28)16-25-15-19-14-18-6-2-3-7-21(18)26-23(19)27-12-4-1-5-13-27/h2-3,6-11,14,22,25,28H,1,4-5,12-13,15-16H2. The van der Waals surface area contributed by atoms with E-state index in [4.69, 9.17) is 16.6 Å². The minimum absolute atomic E-state index is 0.480. The lowest BCUT2D eigenvalue weighted by Crippen LogP contribution is -2.32. The third-order valence-corrected chi connectivity index (χ3v) is 5.60. The van der Waals surface area contributed by atoms with Gasteiger partial charge in [0, 0.05) is 42.2 Å². The Bertz CT molecular complexity index is 923. The van der Waals surface area contributed by atoms with Crippen LogP contribution in [0.15, 0.2) is 54.6 Å². The summed E-state index contributed by atoms with van der Waals surface area (Å²) in [4.78, 5) is 7.38. The first-order valence-electron chi connectivity index (χ1n) is 9.98. The summed E-state index contributed by atoms with van der Waals surface area (Å²) < 4.78 is 0. The van der Waals surface area contributed by atoms with Crippen molar-refractivity contribution in [1.82, 2.24) is 10.3 Å². The summed E-state index contributed by atoms with van der Waals surface area (Å²) in [6.07, 6.45) is 3.17. The molecule has 5 heteroatoms. The number of hydrogen-bond acceptors (Lipinski definition) is 4. The molecular formula is C23H26ClN3O. The molecule has 2 heterocycles. The third-order valence-electron chi connectivity index (χ3n) is 5.34. The number of aromatic nitrogens is 1. The summed E-state index contributed by atoms with van der Waals surface area (Å²) in [5.74, 6) is 1.08. The van der Waals surface area contributed by atoms with Gasteiger partial charge < -0.3 is 15.3 Å². The predicted octanol–water partition coefficient (Wildman–Crippen LogP) is 4.70. The van der Waals surface area contributed by atoms with E-state index < -0.39 is 6.10 Å². The molecule has 0 spiro atoms. The Morgan fingerprint density at radius 3 is 2.57 bits per heavy atom. The van der Waals surface area contributed by atoms with Gasteiger partial charge in [-0.1, -0.05) is 41.9 Å². The third kappa shape index (κ3) is 4.46. The van der Waals surface area contributed by atoms with Gasteiger partial charge in [0.15, 0.2) is 0 Å². The fraction of sp³-hybridized carbons (Fsp3) is 0.348. The molecule has 0 saturated carbocycles. The van der Waals surface area contributed by atoms with Crippen LogP contribution in [-0.4, -0.2) is 29.7 Å². The molecular weight excluding hydrogens is 370 g/mol. The summed E-state index contributed by atoms with van der Waals surface area (Å²) >= 11 is 5.93. The van der Waals surface area contributed by atoms with Crippen LogP contribution >= 0.6 is 11.6 Å². The minimum Gasteiger partial charge on any atom is -0.387 e. The molecule has 4 rings (SSSR count). The Morgan fingerprint density at radius 2 is 1.79 bits per heavy atom. The smallest absolute Gasteiger partial charge is 0.133 e. The largest absolute Gasteiger partial charge is 0.387 e. The number of halogens is 1. The van der Waals surface area contributed by atoms with Crippen molar-refractivity contribution in [2.45, 2.75) is 31.9 Å². The minimum atomic E-state index is -0.566. The average Bonchev–Trinajstić information content (AvgIpc) is 2.74. The van der Waals surface area contributed by atoms with E-state index in [1.54, 1.807) is 0 Å². The second-order valence-corrected chi connectivity index (χ2v) is 7.85. The fourth-order valence-electron chi connectivity index (χ4n) is 3.81. The maximum atomic E-state index is 10.4. The topological polar surface area (TPSA) is 48.4 Å². The second kappa shape index (κ2) is 8.91. The van der Waals surface area contributed by atoms with Crippen molar-refractivity contribution < 1.29 is 5.11 Å². The molecule has 1 aromatic heterocycles. The van der Waals surface area contributed by atoms with Crippen LogP contribution in [0.3, 0.4) is 0 Å². The normalized spacial score (nSPS) is 15.7. The molecule has 1 aliphatic heterocycles. The van der Waals surface area contributed by atoms with Crippen LogP contribution in [-0.2, 0) is 6.54 Å². The fourth-order valence-corrected chi connectivity index (χ4v) is 3.93. The number of nitrogens with one attached hydrogen (secondary N) is 1. The lowest BCUT2D eigenvalue weighted by molar-refractivity contribution is 0.174. The molecule has 1 atom stereocenters. The number of rotatable bonds is 6. The molecule has 146 valence electrons. The number of aliphatic hydroxyl groups is 1. The number of piperidine rings is 1. The van der Waals surface area contributed by atoms with Gasteiger partial charge in [-0.2, -0.15) is 0 Å². The van der Waals surface area contributed by atoms with E-state index in [2.05, 4.69) is 28.4 Å². The summed E-state index contributed by atoms with van der Waals surface area (Å²) in [5, 5.41) is 15.7. The second-order valence-electron chi connectivity index (χ2n) is 7.41. The van der Waals surface area contributed by atoms with Crippen molar-refractivity contribution in [3.8, 4) is 0 Å². The predicted molar refractivity (Wildman–Crippen MR) is 116 cm³/mol. The molecule has 0 aliphatic carbocycles. The molecule has 1 unspecified atom stereocenters. The molecule has 1 fully saturated rings. The van der Waals surface area contributed by atoms with Crippen molar-refractivity contribution in [3.63, 3.8) is 0 Å². The van der Waals surface area contributed by atoms with Crippen LogP contribution < -0.4 is 10.2 Å². The number of benzene rings is 2. The van der Waals surface area contributed by atoms with Gasteiger partial charge in [0.25, 0.3) is 0 Å². The van der Waals surface area contributed by atoms with Gasteiger partial charge in [-0.05, 0) is 49.1 Å². The highest BCUT2D eigenvalue weighted by Gasteiger charge is 2.17. The Labute approximate surface area is 171 Å². The van der Waals surface area contributed by atoms with Crippen LogP contribution in [0.2, 0.25) is 5.02 Å². The van der Waals surface area contributed by atoms with Gasteiger partial charge in [-0.3, -0.25) is 0 Å². The number of para-hydroxylation sites is 1. The van der Waals surface area contributed by atoms with Crippen molar-refractivity contribution in [3.05, 3.63) is 70.7 Å². The summed E-state index contributed by atoms with van der Waals surface area (Å²) in [6, 6.07) is 17.8. The zero-order chi connectivity index (χ0) is 19.3. The van der Waals surface area contributed by atoms with E-state index in [1.165, 1.54) is 24.8 Å². The lowest BCUT2D eigenvalue weighted by Gasteiger charge is -2.30. The maximum Gasteiger partial charge on any atom is 0.133 e. The number of aliphatic hydroxyl groups excluding tert-OH is 1. The molecule has 2 aromatic carbocycles. The Kier molecular flexibility index (Phi) is 6.10. The Hall–Kier alpha value is -2.14. The van der Waals surface area contributed by atoms with Gasteiger partial charge in [-0.15, -0.1) is 0 Å². The SMILES string of the molecule is OC(CNCc1cc2ccccc2nc1N1CCCCC1)c1ccc(Cl)cc1. The first-order chi connectivity index (χ1) is 13.7. The molecule has 28 heavy (non-hydrogen) atoms. The molecule has 0 bridgehead atoms. The van der Waals surface area contributed by atoms with Crippen molar-refractivity contribution in [2.24, 2.45) is 0 Å². The summed E-state index contributed by atoms with van der Waals surface area (Å²) in [7, 11) is 0. The van der Waals surface area contributed by atoms with E-state index in [0.717, 1.165) is 35.4 Å². The van der Waals surface area contributed by atoms with Crippen molar-refractivity contribution >= 4 is 28.3 Å². The van der Waals surface area contributed by atoms with Crippen LogP contribution in [0.25, 0.3) is 10.9 Å². The van der Waals surface area contributed by atoms with Gasteiger partial charge in [0.05, 0.1) is 11.6 Å².